The second-order valence-corrected chi connectivity index (χ2v) is 13.5. The molecule has 0 saturated heterocycles. The molecule has 0 saturated carbocycles. The van der Waals surface area contributed by atoms with Crippen molar-refractivity contribution < 1.29 is 27.5 Å². The number of fused-ring (bicyclic) bond motifs is 2. The number of nitrogens with zero attached hydrogens (tertiary/aromatic N) is 3. The van der Waals surface area contributed by atoms with Crippen molar-refractivity contribution in [1.29, 1.82) is 0 Å². The highest BCUT2D eigenvalue weighted by molar-refractivity contribution is 7.92. The topological polar surface area (TPSA) is 116 Å². The molecule has 0 fully saturated rings. The van der Waals surface area contributed by atoms with Crippen LogP contribution in [0.25, 0.3) is 10.8 Å². The van der Waals surface area contributed by atoms with E-state index in [1.807, 2.05) is 43.3 Å². The van der Waals surface area contributed by atoms with Gasteiger partial charge in [0.1, 0.15) is 17.7 Å². The first-order chi connectivity index (χ1) is 19.6. The molecule has 1 N–H and O–H groups in total. The molecular weight excluding hydrogens is 556 g/mol. The van der Waals surface area contributed by atoms with E-state index < -0.39 is 45.6 Å². The summed E-state index contributed by atoms with van der Waals surface area (Å²) in [5.41, 5.74) is 1.86. The third kappa shape index (κ3) is 6.51. The van der Waals surface area contributed by atoms with E-state index >= 15 is 0 Å². The van der Waals surface area contributed by atoms with Crippen LogP contribution in [0.5, 0.6) is 0 Å². The van der Waals surface area contributed by atoms with Gasteiger partial charge in [-0.05, 0) is 68.7 Å². The van der Waals surface area contributed by atoms with Crippen molar-refractivity contribution in [3.05, 3.63) is 71.8 Å². The van der Waals surface area contributed by atoms with Gasteiger partial charge in [-0.25, -0.2) is 13.2 Å². The number of ether oxygens (including phenoxy) is 1. The van der Waals surface area contributed by atoms with Crippen molar-refractivity contribution >= 4 is 50.1 Å². The number of hydrogen-bond acceptors (Lipinski definition) is 6. The van der Waals surface area contributed by atoms with E-state index in [0.717, 1.165) is 37.4 Å². The van der Waals surface area contributed by atoms with Crippen molar-refractivity contribution in [2.45, 2.75) is 58.8 Å². The lowest BCUT2D eigenvalue weighted by Gasteiger charge is -2.30. The molecule has 0 bridgehead atoms. The third-order valence-corrected chi connectivity index (χ3v) is 8.45. The molecule has 1 heterocycles. The number of aryl methyl sites for hydroxylation is 1. The van der Waals surface area contributed by atoms with Gasteiger partial charge in [0.25, 0.3) is 5.91 Å². The zero-order valence-corrected chi connectivity index (χ0v) is 25.9. The Morgan fingerprint density at radius 2 is 1.67 bits per heavy atom. The summed E-state index contributed by atoms with van der Waals surface area (Å²) in [6.45, 7) is 8.48. The van der Waals surface area contributed by atoms with Gasteiger partial charge in [0, 0.05) is 7.05 Å². The Morgan fingerprint density at radius 3 is 2.31 bits per heavy atom. The summed E-state index contributed by atoms with van der Waals surface area (Å²) >= 11 is 0. The molecule has 3 amide bonds. The zero-order valence-electron chi connectivity index (χ0n) is 25.0. The summed E-state index contributed by atoms with van der Waals surface area (Å²) in [5, 5.41) is 4.71. The molecule has 11 heteroatoms. The minimum absolute atomic E-state index is 0.153. The van der Waals surface area contributed by atoms with Crippen LogP contribution < -0.4 is 14.5 Å². The number of sulfonamides is 1. The number of hydrogen-bond donors (Lipinski definition) is 1. The maximum atomic E-state index is 14.3. The minimum atomic E-state index is -3.85. The molecule has 0 unspecified atom stereocenters. The SMILES string of the molecule is Cc1ccc2ccccc2c1CN1C(=O)[C@@H](NC(=O)[C@H](C)N(C)C(=O)OC(C)(C)C)CN(S(C)(=O)=O)c2ccccc21. The Kier molecular flexibility index (Phi) is 8.54. The fraction of sp³-hybridized carbons (Fsp3) is 0.387. The van der Waals surface area contributed by atoms with Crippen LogP contribution in [-0.2, 0) is 30.9 Å². The van der Waals surface area contributed by atoms with Crippen molar-refractivity contribution in [2.24, 2.45) is 0 Å². The van der Waals surface area contributed by atoms with E-state index in [9.17, 15) is 22.8 Å². The zero-order chi connectivity index (χ0) is 31.0. The summed E-state index contributed by atoms with van der Waals surface area (Å²) in [4.78, 5) is 42.9. The highest BCUT2D eigenvalue weighted by Gasteiger charge is 2.39. The van der Waals surface area contributed by atoms with Gasteiger partial charge < -0.3 is 15.0 Å². The molecular formula is C31H38N4O6S. The van der Waals surface area contributed by atoms with Crippen LogP contribution in [0.15, 0.2) is 60.7 Å². The number of benzene rings is 3. The monoisotopic (exact) mass is 594 g/mol. The number of rotatable bonds is 6. The van der Waals surface area contributed by atoms with Crippen LogP contribution >= 0.6 is 0 Å². The van der Waals surface area contributed by atoms with Gasteiger partial charge in [-0.3, -0.25) is 18.8 Å². The third-order valence-electron chi connectivity index (χ3n) is 7.30. The molecule has 224 valence electrons. The first-order valence-electron chi connectivity index (χ1n) is 13.7. The van der Waals surface area contributed by atoms with Crippen LogP contribution in [0.1, 0.15) is 38.8 Å². The molecule has 1 aliphatic rings. The Balaban J connectivity index is 1.74. The second kappa shape index (κ2) is 11.6. The molecule has 0 aliphatic carbocycles. The summed E-state index contributed by atoms with van der Waals surface area (Å²) in [5.74, 6) is -1.09. The van der Waals surface area contributed by atoms with E-state index in [0.29, 0.717) is 11.4 Å². The second-order valence-electron chi connectivity index (χ2n) is 11.6. The van der Waals surface area contributed by atoms with Gasteiger partial charge in [0.05, 0.1) is 30.7 Å². The highest BCUT2D eigenvalue weighted by atomic mass is 32.2. The number of likely N-dealkylation sites (N-methyl/N-ethyl adjacent to an activating group) is 1. The fourth-order valence-corrected chi connectivity index (χ4v) is 5.84. The molecule has 3 aromatic carbocycles. The maximum absolute atomic E-state index is 14.3. The molecule has 4 rings (SSSR count). The molecule has 0 aromatic heterocycles. The molecule has 0 spiro atoms. The Bertz CT molecular complexity index is 1630. The van der Waals surface area contributed by atoms with Gasteiger partial charge in [-0.15, -0.1) is 0 Å². The largest absolute Gasteiger partial charge is 0.444 e. The lowest BCUT2D eigenvalue weighted by atomic mass is 9.99. The van der Waals surface area contributed by atoms with E-state index in [1.54, 1.807) is 45.0 Å². The van der Waals surface area contributed by atoms with Crippen molar-refractivity contribution in [3.8, 4) is 0 Å². The van der Waals surface area contributed by atoms with E-state index in [-0.39, 0.29) is 13.1 Å². The molecule has 0 radical (unpaired) electrons. The van der Waals surface area contributed by atoms with Crippen LogP contribution in [-0.4, -0.2) is 68.8 Å². The maximum Gasteiger partial charge on any atom is 0.410 e. The van der Waals surface area contributed by atoms with Crippen LogP contribution in [0.2, 0.25) is 0 Å². The summed E-state index contributed by atoms with van der Waals surface area (Å²) in [6, 6.07) is 16.4. The number of anilines is 2. The van der Waals surface area contributed by atoms with E-state index in [1.165, 1.54) is 18.9 Å². The molecule has 3 aromatic rings. The first-order valence-corrected chi connectivity index (χ1v) is 15.5. The predicted octanol–water partition coefficient (Wildman–Crippen LogP) is 4.20. The Hall–Kier alpha value is -4.12. The lowest BCUT2D eigenvalue weighted by Crippen LogP contribution is -2.56. The Morgan fingerprint density at radius 1 is 1.05 bits per heavy atom. The minimum Gasteiger partial charge on any atom is -0.444 e. The Labute approximate surface area is 247 Å². The summed E-state index contributed by atoms with van der Waals surface area (Å²) in [6.07, 6.45) is 0.367. The standard InChI is InChI=1S/C31H38N4O6S/c1-20-16-17-22-12-8-9-13-23(22)24(20)18-34-26-14-10-11-15-27(26)35(42(7,39)40)19-25(29(34)37)32-28(36)21(2)33(6)30(38)41-31(3,4)5/h8-17,21,25H,18-19H2,1-7H3,(H,32,36)/t21-,25-/m0/s1. The van der Waals surface area contributed by atoms with Gasteiger partial charge in [0.2, 0.25) is 15.9 Å². The lowest BCUT2D eigenvalue weighted by molar-refractivity contribution is -0.130. The van der Waals surface area contributed by atoms with Gasteiger partial charge in [-0.2, -0.15) is 0 Å². The highest BCUT2D eigenvalue weighted by Crippen LogP contribution is 2.36. The van der Waals surface area contributed by atoms with E-state index in [2.05, 4.69) is 5.32 Å². The average Bonchev–Trinajstić information content (AvgIpc) is 3.03. The average molecular weight is 595 g/mol. The van der Waals surface area contributed by atoms with Crippen molar-refractivity contribution in [1.82, 2.24) is 10.2 Å². The smallest absolute Gasteiger partial charge is 0.410 e. The summed E-state index contributed by atoms with van der Waals surface area (Å²) < 4.78 is 32.5. The van der Waals surface area contributed by atoms with Crippen molar-refractivity contribution in [3.63, 3.8) is 0 Å². The molecule has 42 heavy (non-hydrogen) atoms. The van der Waals surface area contributed by atoms with Gasteiger partial charge in [0.15, 0.2) is 0 Å². The number of nitrogens with one attached hydrogen (secondary N) is 1. The normalized spacial score (nSPS) is 16.5. The van der Waals surface area contributed by atoms with Crippen molar-refractivity contribution in [2.75, 3.05) is 29.1 Å². The summed E-state index contributed by atoms with van der Waals surface area (Å²) in [7, 11) is -2.41. The van der Waals surface area contributed by atoms with Crippen LogP contribution in [0.4, 0.5) is 16.2 Å². The molecule has 1 aliphatic heterocycles. The predicted molar refractivity (Wildman–Crippen MR) is 164 cm³/mol. The number of para-hydroxylation sites is 2. The van der Waals surface area contributed by atoms with Gasteiger partial charge in [-0.1, -0.05) is 48.5 Å². The van der Waals surface area contributed by atoms with Crippen LogP contribution in [0.3, 0.4) is 0 Å². The fourth-order valence-electron chi connectivity index (χ4n) is 4.91. The first kappa shape index (κ1) is 30.8. The number of amides is 3. The number of carbonyl (C=O) groups excluding carboxylic acids is 3. The number of carbonyl (C=O) groups is 3. The van der Waals surface area contributed by atoms with E-state index in [4.69, 9.17) is 4.74 Å². The molecule has 2 atom stereocenters. The quantitative estimate of drug-likeness (QED) is 0.457. The van der Waals surface area contributed by atoms with Crippen LogP contribution in [0, 0.1) is 6.92 Å². The molecule has 10 nitrogen and oxygen atoms in total. The van der Waals surface area contributed by atoms with Gasteiger partial charge >= 0.3 is 6.09 Å².